The molecule has 19 rings (SSSR count). The van der Waals surface area contributed by atoms with E-state index in [-0.39, 0.29) is 16.2 Å². The van der Waals surface area contributed by atoms with Gasteiger partial charge in [-0.2, -0.15) is 0 Å². The molecule has 97 heavy (non-hydrogen) atoms. The Balaban J connectivity index is 0.682. The Morgan fingerprint density at radius 1 is 0.216 bits per heavy atom. The lowest BCUT2D eigenvalue weighted by Crippen LogP contribution is -2.15. The molecule has 0 N–H and O–H groups in total. The number of fused-ring (bicyclic) bond motifs is 15. The van der Waals surface area contributed by atoms with E-state index >= 15 is 0 Å². The van der Waals surface area contributed by atoms with E-state index in [0.717, 1.165) is 12.2 Å². The molecule has 0 amide bonds. The minimum atomic E-state index is -0.261. The van der Waals surface area contributed by atoms with Crippen molar-refractivity contribution in [2.75, 3.05) is 6.61 Å². The van der Waals surface area contributed by atoms with Gasteiger partial charge in [0.25, 0.3) is 0 Å². The van der Waals surface area contributed by atoms with Gasteiger partial charge < -0.3 is 4.74 Å². The summed E-state index contributed by atoms with van der Waals surface area (Å²) in [5.74, 6) is 0.910. The van der Waals surface area contributed by atoms with Crippen molar-refractivity contribution in [1.29, 1.82) is 0 Å². The van der Waals surface area contributed by atoms with Gasteiger partial charge in [-0.15, -0.1) is 0 Å². The summed E-state index contributed by atoms with van der Waals surface area (Å²) in [6.45, 7) is 17.4. The second kappa shape index (κ2) is 21.2. The molecule has 16 aromatic carbocycles. The molecule has 16 aromatic rings. The molecule has 0 fully saturated rings. The van der Waals surface area contributed by atoms with E-state index in [0.29, 0.717) is 6.61 Å². The van der Waals surface area contributed by atoms with E-state index in [1.54, 1.807) is 0 Å². The molecule has 0 saturated heterocycles. The van der Waals surface area contributed by atoms with Gasteiger partial charge in [0, 0.05) is 16.2 Å². The van der Waals surface area contributed by atoms with Crippen LogP contribution in [0.3, 0.4) is 0 Å². The monoisotopic (exact) mass is 1240 g/mol. The highest BCUT2D eigenvalue weighted by Crippen LogP contribution is 2.58. The Hall–Kier alpha value is -11.1. The number of ether oxygens (including phenoxy) is 1. The van der Waals surface area contributed by atoms with Crippen LogP contribution >= 0.6 is 0 Å². The summed E-state index contributed by atoms with van der Waals surface area (Å²) in [6.07, 6.45) is 0.981. The van der Waals surface area contributed by atoms with Crippen LogP contribution in [0.15, 0.2) is 285 Å². The molecule has 0 atom stereocenters. The Morgan fingerprint density at radius 2 is 0.443 bits per heavy atom. The largest absolute Gasteiger partial charge is 0.494 e. The molecule has 0 aliphatic heterocycles. The molecule has 3 aliphatic rings. The minimum absolute atomic E-state index is 0.109. The van der Waals surface area contributed by atoms with Gasteiger partial charge in [-0.1, -0.05) is 291 Å². The van der Waals surface area contributed by atoms with Crippen LogP contribution in [0.25, 0.3) is 165 Å². The molecule has 0 radical (unpaired) electrons. The van der Waals surface area contributed by atoms with Gasteiger partial charge in [0.15, 0.2) is 0 Å². The number of rotatable bonds is 9. The standard InChI is InChI=1S/C96H72O/c1-8-51-97-63-44-37-57(38-45-63)88-70-24-9-11-26-72(70)89(73-27-12-10-25-71(73)88)61-42-49-68-66-46-39-58(52-83(66)95(4,5)86(68)55-61)59-40-47-67-69-50-43-62(56-87(69)96(6,7)84(67)53-59)91-76-30-15-19-34-80(76)93(81-35-20-16-31-77(81)91)92-78-32-17-13-28-74(78)90(75-29-14-18-33-79(75)92)60-41-48-65-64-23-21-22-36-82(64)94(2,3)85(65)54-60/h9-50,52-56H,8,51H2,1-7H3. The summed E-state index contributed by atoms with van der Waals surface area (Å²) >= 11 is 0. The Labute approximate surface area is 568 Å². The van der Waals surface area contributed by atoms with E-state index < -0.39 is 0 Å². The fourth-order valence-corrected chi connectivity index (χ4v) is 18.1. The first kappa shape index (κ1) is 57.3. The summed E-state index contributed by atoms with van der Waals surface area (Å²) in [4.78, 5) is 0. The van der Waals surface area contributed by atoms with Crippen LogP contribution in [0.4, 0.5) is 0 Å². The first-order valence-electron chi connectivity index (χ1n) is 34.8. The minimum Gasteiger partial charge on any atom is -0.494 e. The van der Waals surface area contributed by atoms with Crippen molar-refractivity contribution in [3.05, 3.63) is 318 Å². The molecule has 0 spiro atoms. The lowest BCUT2D eigenvalue weighted by atomic mass is 9.78. The van der Waals surface area contributed by atoms with Crippen molar-refractivity contribution in [3.8, 4) is 106 Å². The summed E-state index contributed by atoms with van der Waals surface area (Å²) in [6, 6.07) is 109. The number of hydrogen-bond donors (Lipinski definition) is 0. The van der Waals surface area contributed by atoms with E-state index in [4.69, 9.17) is 4.74 Å². The van der Waals surface area contributed by atoms with Crippen LogP contribution in [-0.2, 0) is 16.2 Å². The van der Waals surface area contributed by atoms with Gasteiger partial charge in [-0.3, -0.25) is 0 Å². The van der Waals surface area contributed by atoms with Crippen LogP contribution in [-0.4, -0.2) is 6.61 Å². The van der Waals surface area contributed by atoms with Gasteiger partial charge in [0.2, 0.25) is 0 Å². The third-order valence-electron chi connectivity index (χ3n) is 22.8. The van der Waals surface area contributed by atoms with Crippen LogP contribution in [0.1, 0.15) is 88.3 Å². The topological polar surface area (TPSA) is 9.23 Å². The summed E-state index contributed by atoms with van der Waals surface area (Å²) < 4.78 is 6.02. The predicted molar refractivity (Wildman–Crippen MR) is 413 cm³/mol. The molecule has 462 valence electrons. The molecule has 0 saturated carbocycles. The van der Waals surface area contributed by atoms with E-state index in [9.17, 15) is 0 Å². The quantitative estimate of drug-likeness (QED) is 0.131. The van der Waals surface area contributed by atoms with Gasteiger partial charge in [-0.05, 0) is 247 Å². The second-order valence-corrected chi connectivity index (χ2v) is 29.1. The highest BCUT2D eigenvalue weighted by molar-refractivity contribution is 6.30. The smallest absolute Gasteiger partial charge is 0.119 e. The van der Waals surface area contributed by atoms with Crippen LogP contribution in [0, 0.1) is 0 Å². The maximum atomic E-state index is 6.02. The fraction of sp³-hybridized carbons (Fsp3) is 0.125. The summed E-state index contributed by atoms with van der Waals surface area (Å²) in [5.41, 5.74) is 30.7. The number of benzene rings is 16. The zero-order chi connectivity index (χ0) is 65.2. The highest BCUT2D eigenvalue weighted by Gasteiger charge is 2.40. The normalized spacial score (nSPS) is 14.3. The first-order chi connectivity index (χ1) is 47.4. The third-order valence-corrected chi connectivity index (χ3v) is 22.8. The fourth-order valence-electron chi connectivity index (χ4n) is 18.1. The summed E-state index contributed by atoms with van der Waals surface area (Å²) in [5, 5.41) is 15.1. The average molecular weight is 1240 g/mol. The van der Waals surface area contributed by atoms with Crippen molar-refractivity contribution in [2.45, 2.75) is 71.1 Å². The SMILES string of the molecule is CCCOc1ccc(-c2c3ccccc3c(-c3ccc4c(c3)C(C)(C)c3cc(-c5ccc6c(c5)C(C)(C)c5cc(-c7c8ccccc8c(-c8c9ccccc9c(-c9ccc%10c(c9)C(C)(C)c9ccccc9-%10)c9ccccc89)c8ccccc78)ccc5-6)ccc3-4)c3ccccc23)cc1. The van der Waals surface area contributed by atoms with Gasteiger partial charge in [0.1, 0.15) is 5.75 Å². The highest BCUT2D eigenvalue weighted by atomic mass is 16.5. The van der Waals surface area contributed by atoms with Crippen molar-refractivity contribution in [3.63, 3.8) is 0 Å². The molecular weight excluding hydrogens is 1170 g/mol. The molecule has 1 heteroatoms. The zero-order valence-corrected chi connectivity index (χ0v) is 56.0. The van der Waals surface area contributed by atoms with Crippen molar-refractivity contribution >= 4 is 64.6 Å². The first-order valence-corrected chi connectivity index (χ1v) is 34.8. The Kier molecular flexibility index (Phi) is 12.5. The lowest BCUT2D eigenvalue weighted by Gasteiger charge is -2.25. The molecule has 0 heterocycles. The Morgan fingerprint density at radius 3 is 0.753 bits per heavy atom. The van der Waals surface area contributed by atoms with Crippen LogP contribution in [0.5, 0.6) is 5.75 Å². The molecule has 0 unspecified atom stereocenters. The lowest BCUT2D eigenvalue weighted by molar-refractivity contribution is 0.317. The third kappa shape index (κ3) is 8.31. The molecule has 0 aromatic heterocycles. The van der Waals surface area contributed by atoms with Crippen molar-refractivity contribution in [2.24, 2.45) is 0 Å². The van der Waals surface area contributed by atoms with E-state index in [1.807, 2.05) is 0 Å². The predicted octanol–water partition coefficient (Wildman–Crippen LogP) is 26.3. The van der Waals surface area contributed by atoms with Crippen molar-refractivity contribution in [1.82, 2.24) is 0 Å². The van der Waals surface area contributed by atoms with Crippen LogP contribution in [0.2, 0.25) is 0 Å². The molecular formula is C96H72O. The average Bonchev–Trinajstić information content (AvgIpc) is 1.72. The summed E-state index contributed by atoms with van der Waals surface area (Å²) in [7, 11) is 0. The van der Waals surface area contributed by atoms with Gasteiger partial charge >= 0.3 is 0 Å². The molecule has 1 nitrogen and oxygen atoms in total. The van der Waals surface area contributed by atoms with Crippen LogP contribution < -0.4 is 4.74 Å². The zero-order valence-electron chi connectivity index (χ0n) is 56.0. The Bertz CT molecular complexity index is 5900. The molecule has 0 bridgehead atoms. The second-order valence-electron chi connectivity index (χ2n) is 29.1. The van der Waals surface area contributed by atoms with Gasteiger partial charge in [0.05, 0.1) is 6.61 Å². The maximum Gasteiger partial charge on any atom is 0.119 e. The van der Waals surface area contributed by atoms with Gasteiger partial charge in [-0.25, -0.2) is 0 Å². The van der Waals surface area contributed by atoms with E-state index in [2.05, 4.69) is 334 Å². The van der Waals surface area contributed by atoms with Crippen molar-refractivity contribution < 1.29 is 4.74 Å². The van der Waals surface area contributed by atoms with E-state index in [1.165, 1.54) is 198 Å². The number of hydrogen-bond acceptors (Lipinski definition) is 1. The maximum absolute atomic E-state index is 6.02. The molecule has 3 aliphatic carbocycles.